The normalized spacial score (nSPS) is 10.9. The Bertz CT molecular complexity index is 791. The van der Waals surface area contributed by atoms with E-state index in [2.05, 4.69) is 15.3 Å². The van der Waals surface area contributed by atoms with E-state index in [1.807, 2.05) is 32.0 Å². The third-order valence-corrected chi connectivity index (χ3v) is 3.96. The Kier molecular flexibility index (Phi) is 5.03. The molecule has 0 atom stereocenters. The minimum atomic E-state index is -0.622. The molecule has 0 fully saturated rings. The van der Waals surface area contributed by atoms with Crippen LogP contribution in [0.2, 0.25) is 5.02 Å². The number of hydrogen-bond donors (Lipinski definition) is 1. The van der Waals surface area contributed by atoms with Gasteiger partial charge < -0.3 is 5.32 Å². The van der Waals surface area contributed by atoms with Crippen molar-refractivity contribution in [1.82, 2.24) is 9.97 Å². The van der Waals surface area contributed by atoms with Crippen LogP contribution in [-0.2, 0) is 5.54 Å². The highest BCUT2D eigenvalue weighted by Crippen LogP contribution is 2.32. The maximum atomic E-state index is 10.9. The monoisotopic (exact) mass is 349 g/mol. The van der Waals surface area contributed by atoms with Gasteiger partial charge in [-0.15, -0.1) is 0 Å². The van der Waals surface area contributed by atoms with Crippen LogP contribution in [-0.4, -0.2) is 14.9 Å². The van der Waals surface area contributed by atoms with Crippen LogP contribution < -0.4 is 5.32 Å². The number of thioether (sulfide) groups is 1. The molecule has 0 aliphatic heterocycles. The summed E-state index contributed by atoms with van der Waals surface area (Å²) in [5.74, 6) is 0.179. The Hall–Kier alpha value is -2.37. The van der Waals surface area contributed by atoms with Gasteiger partial charge in [0.15, 0.2) is 5.03 Å². The van der Waals surface area contributed by atoms with Crippen LogP contribution in [0.5, 0.6) is 0 Å². The minimum Gasteiger partial charge on any atom is -0.345 e. The SMILES string of the molecule is CC(C)(Nc1ncc([N+](=O)[O-])c(SC#N)n1)c1ccccc1Cl. The van der Waals surface area contributed by atoms with Crippen molar-refractivity contribution in [2.45, 2.75) is 24.4 Å². The molecule has 118 valence electrons. The molecule has 2 rings (SSSR count). The van der Waals surface area contributed by atoms with Gasteiger partial charge in [0.1, 0.15) is 11.6 Å². The van der Waals surface area contributed by atoms with Gasteiger partial charge in [-0.2, -0.15) is 10.2 Å². The molecule has 23 heavy (non-hydrogen) atoms. The maximum Gasteiger partial charge on any atom is 0.320 e. The van der Waals surface area contributed by atoms with Crippen molar-refractivity contribution >= 4 is 35.0 Å². The second-order valence-electron chi connectivity index (χ2n) is 5.06. The first-order valence-corrected chi connectivity index (χ1v) is 7.65. The third kappa shape index (κ3) is 3.88. The van der Waals surface area contributed by atoms with Crippen molar-refractivity contribution in [2.24, 2.45) is 0 Å². The van der Waals surface area contributed by atoms with Crippen LogP contribution in [0.25, 0.3) is 0 Å². The van der Waals surface area contributed by atoms with E-state index in [0.29, 0.717) is 16.8 Å². The summed E-state index contributed by atoms with van der Waals surface area (Å²) in [5, 5.41) is 25.1. The lowest BCUT2D eigenvalue weighted by atomic mass is 9.94. The van der Waals surface area contributed by atoms with Crippen LogP contribution in [0, 0.1) is 20.8 Å². The number of halogens is 1. The number of nitrogens with zero attached hydrogens (tertiary/aromatic N) is 4. The molecule has 1 aromatic heterocycles. The topological polar surface area (TPSA) is 105 Å². The van der Waals surface area contributed by atoms with Crippen molar-refractivity contribution in [3.8, 4) is 5.40 Å². The van der Waals surface area contributed by atoms with E-state index < -0.39 is 10.5 Å². The van der Waals surface area contributed by atoms with Gasteiger partial charge in [-0.25, -0.2) is 4.98 Å². The third-order valence-electron chi connectivity index (χ3n) is 3.05. The van der Waals surface area contributed by atoms with Crippen LogP contribution in [0.3, 0.4) is 0 Å². The molecule has 0 unspecified atom stereocenters. The van der Waals surface area contributed by atoms with Gasteiger partial charge in [-0.3, -0.25) is 10.1 Å². The van der Waals surface area contributed by atoms with Crippen molar-refractivity contribution < 1.29 is 4.92 Å². The number of rotatable bonds is 5. The molecule has 0 bridgehead atoms. The van der Waals surface area contributed by atoms with E-state index in [4.69, 9.17) is 16.9 Å². The summed E-state index contributed by atoms with van der Waals surface area (Å²) < 4.78 is 0. The number of anilines is 1. The molecule has 9 heteroatoms. The summed E-state index contributed by atoms with van der Waals surface area (Å²) in [4.78, 5) is 18.3. The van der Waals surface area contributed by atoms with E-state index >= 15 is 0 Å². The maximum absolute atomic E-state index is 10.9. The van der Waals surface area contributed by atoms with Crippen molar-refractivity contribution in [3.63, 3.8) is 0 Å². The van der Waals surface area contributed by atoms with Gasteiger partial charge >= 0.3 is 5.69 Å². The highest BCUT2D eigenvalue weighted by molar-refractivity contribution is 8.03. The van der Waals surface area contributed by atoms with E-state index in [0.717, 1.165) is 11.8 Å². The number of aromatic nitrogens is 2. The van der Waals surface area contributed by atoms with Gasteiger partial charge in [0.25, 0.3) is 0 Å². The Morgan fingerprint density at radius 2 is 2.13 bits per heavy atom. The van der Waals surface area contributed by atoms with Gasteiger partial charge in [-0.1, -0.05) is 29.8 Å². The quantitative estimate of drug-likeness (QED) is 0.286. The van der Waals surface area contributed by atoms with Crippen LogP contribution in [0.1, 0.15) is 19.4 Å². The van der Waals surface area contributed by atoms with Crippen molar-refractivity contribution in [3.05, 3.63) is 51.2 Å². The second-order valence-corrected chi connectivity index (χ2v) is 6.24. The second kappa shape index (κ2) is 6.81. The fourth-order valence-electron chi connectivity index (χ4n) is 1.98. The summed E-state index contributed by atoms with van der Waals surface area (Å²) in [7, 11) is 0. The Balaban J connectivity index is 2.36. The molecule has 1 heterocycles. The molecule has 1 N–H and O–H groups in total. The zero-order chi connectivity index (χ0) is 17.0. The lowest BCUT2D eigenvalue weighted by Gasteiger charge is -2.27. The average molecular weight is 350 g/mol. The molecular weight excluding hydrogens is 338 g/mol. The summed E-state index contributed by atoms with van der Waals surface area (Å²) in [6.07, 6.45) is 1.08. The number of hydrogen-bond acceptors (Lipinski definition) is 7. The predicted octanol–water partition coefficient (Wildman–Crippen LogP) is 3.96. The molecule has 0 saturated heterocycles. The van der Waals surface area contributed by atoms with Crippen LogP contribution in [0.4, 0.5) is 11.6 Å². The predicted molar refractivity (Wildman–Crippen MR) is 88.3 cm³/mol. The first kappa shape index (κ1) is 17.0. The van der Waals surface area contributed by atoms with Gasteiger partial charge in [0, 0.05) is 16.8 Å². The van der Waals surface area contributed by atoms with Crippen molar-refractivity contribution in [2.75, 3.05) is 5.32 Å². The van der Waals surface area contributed by atoms with E-state index in [9.17, 15) is 10.1 Å². The molecule has 0 radical (unpaired) electrons. The lowest BCUT2D eigenvalue weighted by Crippen LogP contribution is -2.29. The van der Waals surface area contributed by atoms with E-state index in [1.54, 1.807) is 11.5 Å². The highest BCUT2D eigenvalue weighted by atomic mass is 35.5. The minimum absolute atomic E-state index is 0.00930. The zero-order valence-electron chi connectivity index (χ0n) is 12.3. The molecule has 0 aliphatic carbocycles. The summed E-state index contributed by atoms with van der Waals surface area (Å²) in [5.41, 5.74) is -0.0842. The summed E-state index contributed by atoms with van der Waals surface area (Å²) >= 11 is 6.82. The van der Waals surface area contributed by atoms with Gasteiger partial charge in [-0.05, 0) is 25.5 Å². The van der Waals surface area contributed by atoms with Crippen LogP contribution >= 0.6 is 23.4 Å². The zero-order valence-corrected chi connectivity index (χ0v) is 13.9. The number of nitro groups is 1. The van der Waals surface area contributed by atoms with Gasteiger partial charge in [0.05, 0.1) is 10.5 Å². The number of benzene rings is 1. The highest BCUT2D eigenvalue weighted by Gasteiger charge is 2.25. The molecule has 0 spiro atoms. The first-order chi connectivity index (χ1) is 10.8. The summed E-state index contributed by atoms with van der Waals surface area (Å²) in [6, 6.07) is 7.32. The molecule has 7 nitrogen and oxygen atoms in total. The molecule has 0 saturated carbocycles. The van der Waals surface area contributed by atoms with Gasteiger partial charge in [0.2, 0.25) is 5.95 Å². The Morgan fingerprint density at radius 3 is 2.74 bits per heavy atom. The fourth-order valence-corrected chi connectivity index (χ4v) is 2.80. The number of thiocyanates is 1. The Morgan fingerprint density at radius 1 is 1.43 bits per heavy atom. The largest absolute Gasteiger partial charge is 0.345 e. The molecule has 1 aromatic carbocycles. The average Bonchev–Trinajstić information content (AvgIpc) is 2.47. The molecule has 2 aromatic rings. The molecule has 0 aliphatic rings. The van der Waals surface area contributed by atoms with Crippen LogP contribution in [0.15, 0.2) is 35.5 Å². The Labute approximate surface area is 141 Å². The van der Waals surface area contributed by atoms with E-state index in [1.165, 1.54) is 0 Å². The lowest BCUT2D eigenvalue weighted by molar-refractivity contribution is -0.388. The molecular formula is C14H12ClN5O2S. The number of nitriles is 1. The smallest absolute Gasteiger partial charge is 0.320 e. The number of nitrogens with one attached hydrogen (secondary N) is 1. The first-order valence-electron chi connectivity index (χ1n) is 6.45. The van der Waals surface area contributed by atoms with Crippen molar-refractivity contribution in [1.29, 1.82) is 5.26 Å². The standard InChI is InChI=1S/C14H12ClN5O2S/c1-14(2,9-5-3-4-6-10(9)15)19-13-17-7-11(20(21)22)12(18-13)23-8-16/h3-7H,1-2H3,(H,17,18,19). The van der Waals surface area contributed by atoms with E-state index in [-0.39, 0.29) is 16.7 Å². The fraction of sp³-hybridized carbons (Fsp3) is 0.214. The summed E-state index contributed by atoms with van der Waals surface area (Å²) in [6.45, 7) is 3.77. The molecule has 0 amide bonds.